The highest BCUT2D eigenvalue weighted by molar-refractivity contribution is 7.89. The van der Waals surface area contributed by atoms with Gasteiger partial charge in [0.25, 0.3) is 0 Å². The third-order valence-electron chi connectivity index (χ3n) is 6.41. The third-order valence-corrected chi connectivity index (χ3v) is 9.27. The highest BCUT2D eigenvalue weighted by Gasteiger charge is 2.29. The Hall–Kier alpha value is -2.22. The molecule has 0 bridgehead atoms. The van der Waals surface area contributed by atoms with Gasteiger partial charge in [0, 0.05) is 38.0 Å². The molecule has 2 aromatic carbocycles. The fourth-order valence-corrected chi connectivity index (χ4v) is 6.53. The summed E-state index contributed by atoms with van der Waals surface area (Å²) >= 11 is 1.64. The average molecular weight is 484 g/mol. The van der Waals surface area contributed by atoms with E-state index in [9.17, 15) is 8.42 Å². The van der Waals surface area contributed by atoms with Crippen LogP contribution in [0.3, 0.4) is 0 Å². The lowest BCUT2D eigenvalue weighted by Crippen LogP contribution is -2.48. The van der Waals surface area contributed by atoms with E-state index in [4.69, 9.17) is 4.98 Å². The Bertz CT molecular complexity index is 1200. The van der Waals surface area contributed by atoms with E-state index in [0.717, 1.165) is 22.8 Å². The van der Waals surface area contributed by atoms with E-state index in [1.807, 2.05) is 12.1 Å². The zero-order valence-electron chi connectivity index (χ0n) is 20.1. The van der Waals surface area contributed by atoms with Gasteiger partial charge in [-0.15, -0.1) is 11.3 Å². The Morgan fingerprint density at radius 1 is 0.939 bits per heavy atom. The maximum absolute atomic E-state index is 13.2. The van der Waals surface area contributed by atoms with Crippen molar-refractivity contribution in [2.24, 2.45) is 0 Å². The molecular weight excluding hydrogens is 450 g/mol. The van der Waals surface area contributed by atoms with Gasteiger partial charge in [0.1, 0.15) is 0 Å². The van der Waals surface area contributed by atoms with Gasteiger partial charge in [-0.05, 0) is 53.6 Å². The molecule has 33 heavy (non-hydrogen) atoms. The second-order valence-electron chi connectivity index (χ2n) is 9.83. The number of hydrogen-bond donors (Lipinski definition) is 0. The standard InChI is InChI=1S/C26H33N3O2S2/c1-19-7-6-8-20(2)24(19)17-22-18-32-25(27-22)28-13-15-29(16-14-28)33(30,31)23-11-9-21(10-12-23)26(3,4)5/h6-12,18H,13-17H2,1-5H3. The second kappa shape index (κ2) is 9.20. The molecule has 2 heterocycles. The smallest absolute Gasteiger partial charge is 0.243 e. The summed E-state index contributed by atoms with van der Waals surface area (Å²) in [7, 11) is -3.49. The molecular formula is C26H33N3O2S2. The lowest BCUT2D eigenvalue weighted by molar-refractivity contribution is 0.384. The van der Waals surface area contributed by atoms with E-state index in [1.54, 1.807) is 27.8 Å². The molecule has 1 fully saturated rings. The predicted molar refractivity (Wildman–Crippen MR) is 137 cm³/mol. The van der Waals surface area contributed by atoms with Crippen LogP contribution in [-0.4, -0.2) is 43.9 Å². The molecule has 1 aliphatic rings. The molecule has 1 aliphatic heterocycles. The maximum atomic E-state index is 13.2. The highest BCUT2D eigenvalue weighted by atomic mass is 32.2. The normalized spacial score (nSPS) is 15.7. The molecule has 0 atom stereocenters. The summed E-state index contributed by atoms with van der Waals surface area (Å²) in [4.78, 5) is 7.44. The van der Waals surface area contributed by atoms with E-state index in [2.05, 4.69) is 63.1 Å². The first-order chi connectivity index (χ1) is 15.6. The first-order valence-electron chi connectivity index (χ1n) is 11.4. The molecule has 0 radical (unpaired) electrons. The van der Waals surface area contributed by atoms with Crippen LogP contribution in [-0.2, 0) is 21.9 Å². The first-order valence-corrected chi connectivity index (χ1v) is 13.7. The van der Waals surface area contributed by atoms with Gasteiger partial charge in [0.05, 0.1) is 10.6 Å². The molecule has 0 unspecified atom stereocenters. The van der Waals surface area contributed by atoms with Crippen molar-refractivity contribution in [1.29, 1.82) is 0 Å². The molecule has 0 amide bonds. The van der Waals surface area contributed by atoms with Gasteiger partial charge in [-0.2, -0.15) is 4.31 Å². The van der Waals surface area contributed by atoms with Crippen molar-refractivity contribution < 1.29 is 8.42 Å². The molecule has 0 spiro atoms. The lowest BCUT2D eigenvalue weighted by Gasteiger charge is -2.33. The molecule has 3 aromatic rings. The summed E-state index contributed by atoms with van der Waals surface area (Å²) in [5.41, 5.74) is 6.12. The topological polar surface area (TPSA) is 53.5 Å². The average Bonchev–Trinajstić information content (AvgIpc) is 3.25. The molecule has 4 rings (SSSR count). The van der Waals surface area contributed by atoms with Gasteiger partial charge < -0.3 is 4.90 Å². The van der Waals surface area contributed by atoms with Crippen molar-refractivity contribution >= 4 is 26.5 Å². The van der Waals surface area contributed by atoms with Crippen molar-refractivity contribution in [3.05, 3.63) is 75.8 Å². The molecule has 1 aromatic heterocycles. The summed E-state index contributed by atoms with van der Waals surface area (Å²) in [5, 5.41) is 3.10. The molecule has 5 nitrogen and oxygen atoms in total. The SMILES string of the molecule is Cc1cccc(C)c1Cc1csc(N2CCN(S(=O)(=O)c3ccc(C(C)(C)C)cc3)CC2)n1. The predicted octanol–water partition coefficient (Wildman–Crippen LogP) is 5.16. The Kier molecular flexibility index (Phi) is 6.67. The van der Waals surface area contributed by atoms with Gasteiger partial charge in [-0.1, -0.05) is 51.1 Å². The van der Waals surface area contributed by atoms with Crippen LogP contribution < -0.4 is 4.90 Å². The third kappa shape index (κ3) is 5.15. The summed E-state index contributed by atoms with van der Waals surface area (Å²) < 4.78 is 27.9. The number of benzene rings is 2. The van der Waals surface area contributed by atoms with Crippen LogP contribution >= 0.6 is 11.3 Å². The minimum atomic E-state index is -3.49. The Balaban J connectivity index is 1.41. The number of piperazine rings is 1. The number of thiazole rings is 1. The van der Waals surface area contributed by atoms with Crippen molar-refractivity contribution in [2.75, 3.05) is 31.1 Å². The van der Waals surface area contributed by atoms with Crippen molar-refractivity contribution in [3.63, 3.8) is 0 Å². The number of nitrogens with zero attached hydrogens (tertiary/aromatic N) is 3. The van der Waals surface area contributed by atoms with Gasteiger partial charge in [0.2, 0.25) is 10.0 Å². The molecule has 7 heteroatoms. The largest absolute Gasteiger partial charge is 0.345 e. The van der Waals surface area contributed by atoms with E-state index >= 15 is 0 Å². The fourth-order valence-electron chi connectivity index (χ4n) is 4.23. The van der Waals surface area contributed by atoms with Gasteiger partial charge in [0.15, 0.2) is 5.13 Å². The minimum Gasteiger partial charge on any atom is -0.345 e. The summed E-state index contributed by atoms with van der Waals surface area (Å²) in [6.45, 7) is 12.9. The number of rotatable bonds is 5. The number of aryl methyl sites for hydroxylation is 2. The fraction of sp³-hybridized carbons (Fsp3) is 0.423. The monoisotopic (exact) mass is 483 g/mol. The van der Waals surface area contributed by atoms with Crippen LogP contribution in [0.1, 0.15) is 48.7 Å². The molecule has 176 valence electrons. The van der Waals surface area contributed by atoms with Crippen molar-refractivity contribution in [1.82, 2.24) is 9.29 Å². The van der Waals surface area contributed by atoms with E-state index in [1.165, 1.54) is 16.7 Å². The van der Waals surface area contributed by atoms with Crippen molar-refractivity contribution in [3.8, 4) is 0 Å². The van der Waals surface area contributed by atoms with Gasteiger partial charge in [-0.3, -0.25) is 0 Å². The summed E-state index contributed by atoms with van der Waals surface area (Å²) in [6, 6.07) is 13.7. The number of sulfonamides is 1. The Morgan fingerprint density at radius 3 is 2.12 bits per heavy atom. The number of hydrogen-bond acceptors (Lipinski definition) is 5. The molecule has 1 saturated heterocycles. The minimum absolute atomic E-state index is 0.00160. The number of anilines is 1. The first kappa shape index (κ1) is 23.9. The van der Waals surface area contributed by atoms with Gasteiger partial charge in [-0.25, -0.2) is 13.4 Å². The Morgan fingerprint density at radius 2 is 1.55 bits per heavy atom. The van der Waals surface area contributed by atoms with Crippen LogP contribution in [0.25, 0.3) is 0 Å². The zero-order valence-corrected chi connectivity index (χ0v) is 21.8. The molecule has 0 saturated carbocycles. The van der Waals surface area contributed by atoms with Gasteiger partial charge >= 0.3 is 0 Å². The molecule has 0 N–H and O–H groups in total. The quantitative estimate of drug-likeness (QED) is 0.503. The van der Waals surface area contributed by atoms with E-state index < -0.39 is 10.0 Å². The van der Waals surface area contributed by atoms with Crippen molar-refractivity contribution in [2.45, 2.75) is 51.3 Å². The number of aromatic nitrogens is 1. The van der Waals surface area contributed by atoms with E-state index in [-0.39, 0.29) is 5.41 Å². The van der Waals surface area contributed by atoms with Crippen LogP contribution in [0.5, 0.6) is 0 Å². The molecule has 0 aliphatic carbocycles. The summed E-state index contributed by atoms with van der Waals surface area (Å²) in [5.74, 6) is 0. The lowest BCUT2D eigenvalue weighted by atomic mass is 9.87. The Labute approximate surface area is 202 Å². The van der Waals surface area contributed by atoms with Crippen LogP contribution in [0, 0.1) is 13.8 Å². The highest BCUT2D eigenvalue weighted by Crippen LogP contribution is 2.28. The van der Waals surface area contributed by atoms with E-state index in [0.29, 0.717) is 31.1 Å². The van der Waals surface area contributed by atoms with Crippen LogP contribution in [0.4, 0.5) is 5.13 Å². The van der Waals surface area contributed by atoms with Crippen LogP contribution in [0.2, 0.25) is 0 Å². The van der Waals surface area contributed by atoms with Crippen LogP contribution in [0.15, 0.2) is 52.7 Å². The summed E-state index contributed by atoms with van der Waals surface area (Å²) in [6.07, 6.45) is 0.827. The maximum Gasteiger partial charge on any atom is 0.243 e. The second-order valence-corrected chi connectivity index (χ2v) is 12.6. The zero-order chi connectivity index (χ0) is 23.8.